The third-order valence-electron chi connectivity index (χ3n) is 6.08. The van der Waals surface area contributed by atoms with E-state index in [1.54, 1.807) is 33.1 Å². The molecule has 1 aromatic carbocycles. The van der Waals surface area contributed by atoms with Crippen LogP contribution >= 0.6 is 0 Å². The smallest absolute Gasteiger partial charge is 0.220 e. The summed E-state index contributed by atoms with van der Waals surface area (Å²) in [7, 11) is 1.58. The molecule has 1 aliphatic carbocycles. The summed E-state index contributed by atoms with van der Waals surface area (Å²) in [6.45, 7) is 5.50. The molecule has 7 nitrogen and oxygen atoms in total. The number of nitrogens with zero attached hydrogens (tertiary/aromatic N) is 4. The van der Waals surface area contributed by atoms with Crippen molar-refractivity contribution in [1.82, 2.24) is 15.0 Å². The van der Waals surface area contributed by atoms with Crippen molar-refractivity contribution in [1.29, 1.82) is 5.26 Å². The molecule has 0 saturated heterocycles. The Morgan fingerprint density at radius 3 is 2.56 bits per heavy atom. The Morgan fingerprint density at radius 1 is 1.18 bits per heavy atom. The third-order valence-corrected chi connectivity index (χ3v) is 6.08. The van der Waals surface area contributed by atoms with E-state index >= 15 is 0 Å². The lowest BCUT2D eigenvalue weighted by molar-refractivity contribution is 0.143. The molecule has 0 radical (unpaired) electrons. The molecular weight excluding hydrogens is 440 g/mol. The van der Waals surface area contributed by atoms with Crippen LogP contribution in [0.1, 0.15) is 61.4 Å². The fraction of sp³-hybridized carbons (Fsp3) is 0.440. The Labute approximate surface area is 197 Å². The molecule has 2 atom stereocenters. The van der Waals surface area contributed by atoms with E-state index in [0.717, 1.165) is 0 Å². The van der Waals surface area contributed by atoms with Gasteiger partial charge in [0.15, 0.2) is 5.65 Å². The van der Waals surface area contributed by atoms with E-state index in [0.29, 0.717) is 65.7 Å². The monoisotopic (exact) mass is 467 g/mol. The van der Waals surface area contributed by atoms with E-state index in [1.807, 2.05) is 6.07 Å². The summed E-state index contributed by atoms with van der Waals surface area (Å²) >= 11 is 0. The van der Waals surface area contributed by atoms with Gasteiger partial charge in [-0.25, -0.2) is 18.7 Å². The van der Waals surface area contributed by atoms with Crippen LogP contribution in [0.2, 0.25) is 0 Å². The SMILES string of the molecule is COCCOc1nc2nc(C)nc(N[C@H](C)c3cccc(C(C)F)c3F)c2cc1C1(C#N)CC1. The summed E-state index contributed by atoms with van der Waals surface area (Å²) in [4.78, 5) is 13.6. The lowest BCUT2D eigenvalue weighted by Crippen LogP contribution is -2.15. The van der Waals surface area contributed by atoms with Gasteiger partial charge in [-0.3, -0.25) is 0 Å². The number of aryl methyl sites for hydroxylation is 1. The average Bonchev–Trinajstić information content (AvgIpc) is 3.59. The number of rotatable bonds is 9. The first-order valence-electron chi connectivity index (χ1n) is 11.2. The van der Waals surface area contributed by atoms with E-state index < -0.39 is 23.4 Å². The van der Waals surface area contributed by atoms with Gasteiger partial charge in [-0.1, -0.05) is 18.2 Å². The molecule has 2 heterocycles. The molecule has 1 N–H and O–H groups in total. The van der Waals surface area contributed by atoms with Crippen molar-refractivity contribution in [3.8, 4) is 11.9 Å². The molecule has 3 aromatic rings. The minimum absolute atomic E-state index is 0.0152. The number of aromatic nitrogens is 3. The zero-order valence-electron chi connectivity index (χ0n) is 19.7. The van der Waals surface area contributed by atoms with E-state index in [4.69, 9.17) is 9.47 Å². The lowest BCUT2D eigenvalue weighted by atomic mass is 9.97. The fourth-order valence-corrected chi connectivity index (χ4v) is 3.99. The minimum atomic E-state index is -1.42. The number of anilines is 1. The van der Waals surface area contributed by atoms with Crippen LogP contribution in [-0.2, 0) is 10.2 Å². The second-order valence-corrected chi connectivity index (χ2v) is 8.60. The number of nitriles is 1. The maximum absolute atomic E-state index is 15.0. The van der Waals surface area contributed by atoms with Crippen LogP contribution in [0, 0.1) is 24.1 Å². The number of ether oxygens (including phenoxy) is 2. The van der Waals surface area contributed by atoms with Gasteiger partial charge in [0.1, 0.15) is 30.2 Å². The fourth-order valence-electron chi connectivity index (χ4n) is 3.99. The lowest BCUT2D eigenvalue weighted by Gasteiger charge is -2.20. The molecule has 1 fully saturated rings. The molecule has 1 unspecified atom stereocenters. The standard InChI is InChI=1S/C25H27F2N5O2/c1-14(26)17-6-5-7-18(21(17)27)15(2)29-22-19-12-20(25(13-28)8-9-25)24(34-11-10-33-4)32-23(19)31-16(3)30-22/h5-7,12,14-15H,8-11H2,1-4H3,(H,29,30,31,32)/t14?,15-/m1/s1. The van der Waals surface area contributed by atoms with Gasteiger partial charge in [0.25, 0.3) is 0 Å². The van der Waals surface area contributed by atoms with Crippen molar-refractivity contribution in [2.45, 2.75) is 51.2 Å². The van der Waals surface area contributed by atoms with Gasteiger partial charge in [-0.15, -0.1) is 0 Å². The van der Waals surface area contributed by atoms with Crippen molar-refractivity contribution in [2.75, 3.05) is 25.6 Å². The second kappa shape index (κ2) is 9.47. The number of hydrogen-bond acceptors (Lipinski definition) is 7. The number of alkyl halides is 1. The van der Waals surface area contributed by atoms with Crippen LogP contribution < -0.4 is 10.1 Å². The predicted octanol–water partition coefficient (Wildman–Crippen LogP) is 5.26. The molecule has 4 rings (SSSR count). The predicted molar refractivity (Wildman–Crippen MR) is 124 cm³/mol. The van der Waals surface area contributed by atoms with Crippen molar-refractivity contribution in [3.05, 3.63) is 52.6 Å². The van der Waals surface area contributed by atoms with Crippen LogP contribution in [-0.4, -0.2) is 35.3 Å². The molecule has 0 bridgehead atoms. The number of fused-ring (bicyclic) bond motifs is 1. The highest BCUT2D eigenvalue weighted by Gasteiger charge is 2.48. The van der Waals surface area contributed by atoms with Crippen LogP contribution in [0.25, 0.3) is 11.0 Å². The van der Waals surface area contributed by atoms with Gasteiger partial charge in [0, 0.05) is 23.8 Å². The van der Waals surface area contributed by atoms with Gasteiger partial charge in [-0.2, -0.15) is 10.2 Å². The van der Waals surface area contributed by atoms with Crippen molar-refractivity contribution >= 4 is 16.9 Å². The maximum Gasteiger partial charge on any atom is 0.220 e. The van der Waals surface area contributed by atoms with Crippen molar-refractivity contribution < 1.29 is 18.3 Å². The zero-order valence-corrected chi connectivity index (χ0v) is 19.7. The average molecular weight is 468 g/mol. The summed E-state index contributed by atoms with van der Waals surface area (Å²) in [5.74, 6) is 0.704. The number of benzene rings is 1. The Kier molecular flexibility index (Phi) is 6.62. The largest absolute Gasteiger partial charge is 0.475 e. The summed E-state index contributed by atoms with van der Waals surface area (Å²) < 4.78 is 39.7. The van der Waals surface area contributed by atoms with Crippen LogP contribution in [0.3, 0.4) is 0 Å². The Morgan fingerprint density at radius 2 is 1.91 bits per heavy atom. The molecule has 34 heavy (non-hydrogen) atoms. The topological polar surface area (TPSA) is 92.9 Å². The third kappa shape index (κ3) is 4.50. The first kappa shape index (κ1) is 23.8. The normalized spacial score (nSPS) is 16.0. The van der Waals surface area contributed by atoms with Gasteiger partial charge >= 0.3 is 0 Å². The number of nitrogens with one attached hydrogen (secondary N) is 1. The highest BCUT2D eigenvalue weighted by molar-refractivity contribution is 5.88. The maximum atomic E-state index is 15.0. The molecule has 2 aromatic heterocycles. The van der Waals surface area contributed by atoms with Crippen LogP contribution in [0.15, 0.2) is 24.3 Å². The van der Waals surface area contributed by atoms with Gasteiger partial charge in [-0.05, 0) is 39.7 Å². The Balaban J connectivity index is 1.77. The summed E-state index contributed by atoms with van der Waals surface area (Å²) in [5.41, 5.74) is 0.769. The number of hydrogen-bond donors (Lipinski definition) is 1. The first-order valence-corrected chi connectivity index (χ1v) is 11.2. The number of pyridine rings is 1. The second-order valence-electron chi connectivity index (χ2n) is 8.60. The van der Waals surface area contributed by atoms with Crippen LogP contribution in [0.5, 0.6) is 5.88 Å². The van der Waals surface area contributed by atoms with E-state index in [-0.39, 0.29) is 5.56 Å². The molecule has 0 amide bonds. The van der Waals surface area contributed by atoms with Crippen molar-refractivity contribution in [2.24, 2.45) is 0 Å². The van der Waals surface area contributed by atoms with Crippen LogP contribution in [0.4, 0.5) is 14.6 Å². The highest BCUT2D eigenvalue weighted by atomic mass is 19.1. The quantitative estimate of drug-likeness (QED) is 0.429. The van der Waals surface area contributed by atoms with E-state index in [2.05, 4.69) is 26.3 Å². The summed E-state index contributed by atoms with van der Waals surface area (Å²) in [6.07, 6.45) is 0.00361. The summed E-state index contributed by atoms with van der Waals surface area (Å²) in [5, 5.41) is 13.7. The van der Waals surface area contributed by atoms with Gasteiger partial charge < -0.3 is 14.8 Å². The van der Waals surface area contributed by atoms with Gasteiger partial charge in [0.2, 0.25) is 5.88 Å². The molecule has 0 aliphatic heterocycles. The molecule has 0 spiro atoms. The minimum Gasteiger partial charge on any atom is -0.475 e. The molecule has 178 valence electrons. The molecular formula is C25H27F2N5O2. The Hall–Kier alpha value is -3.38. The number of methoxy groups -OCH3 is 1. The molecule has 1 aliphatic rings. The van der Waals surface area contributed by atoms with Crippen molar-refractivity contribution in [3.63, 3.8) is 0 Å². The molecule has 9 heteroatoms. The zero-order chi connectivity index (χ0) is 24.5. The van der Waals surface area contributed by atoms with Gasteiger partial charge in [0.05, 0.1) is 29.5 Å². The summed E-state index contributed by atoms with van der Waals surface area (Å²) in [6, 6.07) is 8.42. The Bertz CT molecular complexity index is 1250. The first-order chi connectivity index (χ1) is 16.3. The van der Waals surface area contributed by atoms with E-state index in [9.17, 15) is 14.0 Å². The number of halogens is 2. The highest BCUT2D eigenvalue weighted by Crippen LogP contribution is 2.51. The van der Waals surface area contributed by atoms with E-state index in [1.165, 1.54) is 13.0 Å². The molecule has 1 saturated carbocycles.